The molecule has 5 nitrogen and oxygen atoms in total. The molecule has 0 aromatic heterocycles. The molecule has 1 aliphatic heterocycles. The van der Waals surface area contributed by atoms with Crippen LogP contribution in [0.15, 0.2) is 24.3 Å². The van der Waals surface area contributed by atoms with Gasteiger partial charge in [0.1, 0.15) is 12.4 Å². The van der Waals surface area contributed by atoms with Crippen LogP contribution in [0.4, 0.5) is 5.69 Å². The van der Waals surface area contributed by atoms with Gasteiger partial charge in [0, 0.05) is 24.8 Å². The third-order valence-electron chi connectivity index (χ3n) is 4.04. The van der Waals surface area contributed by atoms with Gasteiger partial charge in [0.15, 0.2) is 0 Å². The molecular formula is C17H29Cl2N3O2. The van der Waals surface area contributed by atoms with Gasteiger partial charge in [0.25, 0.3) is 0 Å². The van der Waals surface area contributed by atoms with Gasteiger partial charge >= 0.3 is 0 Å². The fourth-order valence-electron chi connectivity index (χ4n) is 2.54. The summed E-state index contributed by atoms with van der Waals surface area (Å²) in [6.45, 7) is 5.24. The summed E-state index contributed by atoms with van der Waals surface area (Å²) >= 11 is 0. The molecule has 138 valence electrons. The zero-order valence-electron chi connectivity index (χ0n) is 14.6. The van der Waals surface area contributed by atoms with E-state index in [-0.39, 0.29) is 36.1 Å². The van der Waals surface area contributed by atoms with E-state index in [1.54, 1.807) is 0 Å². The highest BCUT2D eigenvalue weighted by Crippen LogP contribution is 2.28. The lowest BCUT2D eigenvalue weighted by Gasteiger charge is -2.32. The van der Waals surface area contributed by atoms with Crippen LogP contribution >= 0.6 is 24.8 Å². The summed E-state index contributed by atoms with van der Waals surface area (Å²) in [7, 11) is 4.03. The molecule has 2 N–H and O–H groups in total. The van der Waals surface area contributed by atoms with Crippen LogP contribution in [0.25, 0.3) is 0 Å². The van der Waals surface area contributed by atoms with Crippen LogP contribution in [-0.2, 0) is 4.79 Å². The zero-order valence-corrected chi connectivity index (χ0v) is 16.3. The van der Waals surface area contributed by atoms with Crippen LogP contribution < -0.4 is 15.4 Å². The molecule has 0 bridgehead atoms. The molecule has 1 fully saturated rings. The Morgan fingerprint density at radius 2 is 2.12 bits per heavy atom. The van der Waals surface area contributed by atoms with Gasteiger partial charge < -0.3 is 20.3 Å². The number of halogens is 2. The van der Waals surface area contributed by atoms with E-state index in [4.69, 9.17) is 4.74 Å². The minimum Gasteiger partial charge on any atom is -0.492 e. The number of hydrogen-bond donors (Lipinski definition) is 2. The number of carbonyl (C=O) groups excluding carboxylic acids is 1. The predicted octanol–water partition coefficient (Wildman–Crippen LogP) is 2.80. The van der Waals surface area contributed by atoms with Crippen LogP contribution in [0, 0.1) is 5.41 Å². The van der Waals surface area contributed by atoms with Gasteiger partial charge in [0.2, 0.25) is 5.91 Å². The summed E-state index contributed by atoms with van der Waals surface area (Å²) in [5.74, 6) is 0.858. The van der Waals surface area contributed by atoms with Crippen molar-refractivity contribution in [2.45, 2.75) is 19.8 Å². The molecule has 7 heteroatoms. The Bertz CT molecular complexity index is 506. The van der Waals surface area contributed by atoms with Crippen LogP contribution in [0.5, 0.6) is 5.75 Å². The van der Waals surface area contributed by atoms with Crippen molar-refractivity contribution in [1.82, 2.24) is 10.2 Å². The second-order valence-electron chi connectivity index (χ2n) is 6.47. The molecule has 0 radical (unpaired) electrons. The van der Waals surface area contributed by atoms with Crippen molar-refractivity contribution in [3.8, 4) is 5.75 Å². The fraction of sp³-hybridized carbons (Fsp3) is 0.588. The lowest BCUT2D eigenvalue weighted by molar-refractivity contribution is -0.125. The monoisotopic (exact) mass is 377 g/mol. The number of ether oxygens (including phenoxy) is 1. The number of nitrogens with zero attached hydrogens (tertiary/aromatic N) is 1. The normalized spacial score (nSPS) is 19.8. The lowest BCUT2D eigenvalue weighted by atomic mass is 9.82. The summed E-state index contributed by atoms with van der Waals surface area (Å²) in [6, 6.07) is 7.60. The van der Waals surface area contributed by atoms with E-state index in [2.05, 4.69) is 15.5 Å². The van der Waals surface area contributed by atoms with E-state index >= 15 is 0 Å². The SMILES string of the molecule is CN(C)CCOc1cccc(NC(=O)C2(C)CCCNC2)c1.Cl.Cl. The van der Waals surface area contributed by atoms with E-state index in [1.165, 1.54) is 0 Å². The first kappa shape index (κ1) is 23.0. The molecule has 24 heavy (non-hydrogen) atoms. The van der Waals surface area contributed by atoms with Crippen molar-refractivity contribution in [3.05, 3.63) is 24.3 Å². The molecule has 1 unspecified atom stereocenters. The predicted molar refractivity (Wildman–Crippen MR) is 104 cm³/mol. The van der Waals surface area contributed by atoms with E-state index in [0.717, 1.165) is 43.9 Å². The Morgan fingerprint density at radius 1 is 1.38 bits per heavy atom. The Balaban J connectivity index is 0.00000264. The van der Waals surface area contributed by atoms with Crippen LogP contribution in [0.3, 0.4) is 0 Å². The number of piperidine rings is 1. The molecule has 1 atom stereocenters. The van der Waals surface area contributed by atoms with Crippen molar-refractivity contribution in [1.29, 1.82) is 0 Å². The summed E-state index contributed by atoms with van der Waals surface area (Å²) in [4.78, 5) is 14.6. The first-order valence-corrected chi connectivity index (χ1v) is 7.89. The van der Waals surface area contributed by atoms with Gasteiger partial charge in [0.05, 0.1) is 5.41 Å². The number of anilines is 1. The molecule has 0 aliphatic carbocycles. The number of rotatable bonds is 6. The molecule has 2 rings (SSSR count). The quantitative estimate of drug-likeness (QED) is 0.800. The van der Waals surface area contributed by atoms with Crippen LogP contribution in [0.1, 0.15) is 19.8 Å². The van der Waals surface area contributed by atoms with Gasteiger partial charge in [-0.3, -0.25) is 4.79 Å². The number of likely N-dealkylation sites (N-methyl/N-ethyl adjacent to an activating group) is 1. The fourth-order valence-corrected chi connectivity index (χ4v) is 2.54. The Hall–Kier alpha value is -1.01. The molecule has 0 saturated carbocycles. The maximum absolute atomic E-state index is 12.5. The topological polar surface area (TPSA) is 53.6 Å². The highest BCUT2D eigenvalue weighted by Gasteiger charge is 2.34. The maximum Gasteiger partial charge on any atom is 0.231 e. The number of nitrogens with one attached hydrogen (secondary N) is 2. The smallest absolute Gasteiger partial charge is 0.231 e. The Labute approximate surface area is 157 Å². The average molecular weight is 378 g/mol. The van der Waals surface area contributed by atoms with Crippen molar-refractivity contribution in [2.24, 2.45) is 5.41 Å². The first-order valence-electron chi connectivity index (χ1n) is 7.89. The van der Waals surface area contributed by atoms with Gasteiger partial charge in [-0.15, -0.1) is 24.8 Å². The number of carbonyl (C=O) groups is 1. The lowest BCUT2D eigenvalue weighted by Crippen LogP contribution is -2.46. The second kappa shape index (κ2) is 10.8. The van der Waals surface area contributed by atoms with Crippen LogP contribution in [-0.4, -0.2) is 51.1 Å². The van der Waals surface area contributed by atoms with Gasteiger partial charge in [-0.2, -0.15) is 0 Å². The third-order valence-corrected chi connectivity index (χ3v) is 4.04. The summed E-state index contributed by atoms with van der Waals surface area (Å²) in [6.07, 6.45) is 1.96. The number of hydrogen-bond acceptors (Lipinski definition) is 4. The zero-order chi connectivity index (χ0) is 16.0. The third kappa shape index (κ3) is 6.85. The van der Waals surface area contributed by atoms with Crippen molar-refractivity contribution in [3.63, 3.8) is 0 Å². The highest BCUT2D eigenvalue weighted by molar-refractivity contribution is 5.95. The number of benzene rings is 1. The van der Waals surface area contributed by atoms with E-state index in [1.807, 2.05) is 45.3 Å². The van der Waals surface area contributed by atoms with Gasteiger partial charge in [-0.1, -0.05) is 6.07 Å². The molecule has 1 amide bonds. The molecule has 1 aromatic carbocycles. The van der Waals surface area contributed by atoms with E-state index in [9.17, 15) is 4.79 Å². The Morgan fingerprint density at radius 3 is 2.75 bits per heavy atom. The van der Waals surface area contributed by atoms with Gasteiger partial charge in [-0.25, -0.2) is 0 Å². The molecule has 1 heterocycles. The summed E-state index contributed by atoms with van der Waals surface area (Å²) < 4.78 is 5.70. The number of amides is 1. The standard InChI is InChI=1S/C17H27N3O2.2ClH/c1-17(8-5-9-18-13-17)16(21)19-14-6-4-7-15(12-14)22-11-10-20(2)3;;/h4,6-7,12,18H,5,8-11,13H2,1-3H3,(H,19,21);2*1H. The van der Waals surface area contributed by atoms with Crippen molar-refractivity contribution < 1.29 is 9.53 Å². The van der Waals surface area contributed by atoms with E-state index in [0.29, 0.717) is 6.61 Å². The second-order valence-corrected chi connectivity index (χ2v) is 6.47. The minimum atomic E-state index is -0.333. The molecule has 1 aromatic rings. The molecular weight excluding hydrogens is 349 g/mol. The molecule has 1 saturated heterocycles. The maximum atomic E-state index is 12.5. The highest BCUT2D eigenvalue weighted by atomic mass is 35.5. The largest absolute Gasteiger partial charge is 0.492 e. The minimum absolute atomic E-state index is 0. The first-order chi connectivity index (χ1) is 10.5. The average Bonchev–Trinajstić information content (AvgIpc) is 2.48. The van der Waals surface area contributed by atoms with E-state index < -0.39 is 0 Å². The van der Waals surface area contributed by atoms with Crippen molar-refractivity contribution in [2.75, 3.05) is 45.7 Å². The van der Waals surface area contributed by atoms with Crippen LogP contribution in [0.2, 0.25) is 0 Å². The Kier molecular flexibility index (Phi) is 10.3. The summed E-state index contributed by atoms with van der Waals surface area (Å²) in [5.41, 5.74) is 0.458. The summed E-state index contributed by atoms with van der Waals surface area (Å²) in [5, 5.41) is 6.32. The van der Waals surface area contributed by atoms with Gasteiger partial charge in [-0.05, 0) is 52.5 Å². The molecule has 1 aliphatic rings. The van der Waals surface area contributed by atoms with Crippen molar-refractivity contribution >= 4 is 36.4 Å². The molecule has 0 spiro atoms.